The van der Waals surface area contributed by atoms with Crippen molar-refractivity contribution in [1.29, 1.82) is 0 Å². The number of aromatic nitrogens is 1. The van der Waals surface area contributed by atoms with Gasteiger partial charge in [0.25, 0.3) is 5.91 Å². The van der Waals surface area contributed by atoms with Crippen LogP contribution in [0.1, 0.15) is 53.6 Å². The number of hydrogen-bond donors (Lipinski definition) is 2. The number of nitrogens with one attached hydrogen (secondary N) is 2. The van der Waals surface area contributed by atoms with Crippen LogP contribution in [0.5, 0.6) is 0 Å². The van der Waals surface area contributed by atoms with Crippen molar-refractivity contribution >= 4 is 17.5 Å². The number of rotatable bonds is 6. The van der Waals surface area contributed by atoms with Crippen molar-refractivity contribution in [2.75, 3.05) is 25.5 Å². The second-order valence-electron chi connectivity index (χ2n) is 10.5. The van der Waals surface area contributed by atoms with E-state index in [-0.39, 0.29) is 28.6 Å². The summed E-state index contributed by atoms with van der Waals surface area (Å²) in [5.74, 6) is -0.417. The Bertz CT molecular complexity index is 1350. The van der Waals surface area contributed by atoms with Crippen LogP contribution < -0.4 is 10.6 Å². The van der Waals surface area contributed by atoms with Crippen LogP contribution in [0.3, 0.4) is 0 Å². The Balaban J connectivity index is 1.33. The van der Waals surface area contributed by atoms with Crippen LogP contribution in [0.15, 0.2) is 66.9 Å². The van der Waals surface area contributed by atoms with Gasteiger partial charge in [-0.05, 0) is 87.7 Å². The molecule has 39 heavy (non-hydrogen) atoms. The molecule has 2 fully saturated rings. The molecule has 9 heteroatoms. The zero-order chi connectivity index (χ0) is 27.6. The van der Waals surface area contributed by atoms with Crippen LogP contribution in [-0.4, -0.2) is 41.8 Å². The van der Waals surface area contributed by atoms with Gasteiger partial charge in [-0.2, -0.15) is 13.2 Å². The molecule has 0 radical (unpaired) electrons. The van der Waals surface area contributed by atoms with E-state index >= 15 is 0 Å². The number of carbonyl (C=O) groups excluding carboxylic acids is 2. The molecule has 0 spiro atoms. The van der Waals surface area contributed by atoms with E-state index in [9.17, 15) is 22.8 Å². The maximum atomic E-state index is 13.5. The van der Waals surface area contributed by atoms with Crippen molar-refractivity contribution in [2.45, 2.75) is 43.8 Å². The molecule has 1 aliphatic carbocycles. The summed E-state index contributed by atoms with van der Waals surface area (Å²) in [7, 11) is 2.02. The lowest BCUT2D eigenvalue weighted by Crippen LogP contribution is -2.50. The summed E-state index contributed by atoms with van der Waals surface area (Å²) >= 11 is 0. The number of piperidine rings is 1. The van der Waals surface area contributed by atoms with Crippen LogP contribution in [0, 0.1) is 5.92 Å². The van der Waals surface area contributed by atoms with Crippen molar-refractivity contribution in [2.24, 2.45) is 5.92 Å². The summed E-state index contributed by atoms with van der Waals surface area (Å²) < 4.78 is 39.9. The number of benzene rings is 2. The number of anilines is 1. The van der Waals surface area contributed by atoms with Crippen molar-refractivity contribution in [3.05, 3.63) is 83.6 Å². The zero-order valence-corrected chi connectivity index (χ0v) is 21.7. The lowest BCUT2D eigenvalue weighted by atomic mass is 9.71. The lowest BCUT2D eigenvalue weighted by molar-refractivity contribution is -0.137. The molecular weight excluding hydrogens is 505 g/mol. The zero-order valence-electron chi connectivity index (χ0n) is 21.7. The highest BCUT2D eigenvalue weighted by molar-refractivity contribution is 6.00. The van der Waals surface area contributed by atoms with Crippen LogP contribution in [-0.2, 0) is 16.5 Å². The van der Waals surface area contributed by atoms with E-state index in [1.807, 2.05) is 31.3 Å². The Morgan fingerprint density at radius 3 is 2.46 bits per heavy atom. The minimum atomic E-state index is -4.50. The van der Waals surface area contributed by atoms with Gasteiger partial charge in [-0.3, -0.25) is 14.6 Å². The molecule has 0 bridgehead atoms. The van der Waals surface area contributed by atoms with Gasteiger partial charge in [0.05, 0.1) is 28.3 Å². The van der Waals surface area contributed by atoms with Gasteiger partial charge in [0, 0.05) is 24.0 Å². The van der Waals surface area contributed by atoms with Gasteiger partial charge in [0.2, 0.25) is 5.91 Å². The minimum Gasteiger partial charge on any atom is -0.342 e. The standard InChI is InChI=1S/C30H31F3N4O2/c1-37-17-4-7-21(19-37)27(38)35-24-12-10-22(11-13-24)29(14-5-15-29)36-28(39)25-9-3-16-34-26(25)20-6-2-8-23(18-20)30(31,32)33/h2-3,6,8-13,16,18,21H,4-5,7,14-15,17,19H2,1H3,(H,35,38)(H,36,39). The molecule has 2 N–H and O–H groups in total. The predicted molar refractivity (Wildman–Crippen MR) is 143 cm³/mol. The van der Waals surface area contributed by atoms with Crippen LogP contribution >= 0.6 is 0 Å². The largest absolute Gasteiger partial charge is 0.416 e. The molecule has 2 aromatic carbocycles. The van der Waals surface area contributed by atoms with Crippen molar-refractivity contribution in [3.63, 3.8) is 0 Å². The summed E-state index contributed by atoms with van der Waals surface area (Å²) in [6, 6.07) is 15.5. The molecule has 1 aromatic heterocycles. The summed E-state index contributed by atoms with van der Waals surface area (Å²) in [5.41, 5.74) is 0.870. The summed E-state index contributed by atoms with van der Waals surface area (Å²) in [6.45, 7) is 1.75. The van der Waals surface area contributed by atoms with Crippen LogP contribution in [0.2, 0.25) is 0 Å². The van der Waals surface area contributed by atoms with E-state index in [1.165, 1.54) is 18.3 Å². The second kappa shape index (κ2) is 10.8. The molecule has 1 aliphatic heterocycles. The fourth-order valence-electron chi connectivity index (χ4n) is 5.46. The van der Waals surface area contributed by atoms with E-state index in [1.54, 1.807) is 12.1 Å². The number of carbonyl (C=O) groups is 2. The SMILES string of the molecule is CN1CCCC(C(=O)Nc2ccc(C3(NC(=O)c4cccnc4-c4cccc(C(F)(F)F)c4)CCC3)cc2)C1. The fraction of sp³-hybridized carbons (Fsp3) is 0.367. The first-order chi connectivity index (χ1) is 18.6. The highest BCUT2D eigenvalue weighted by Crippen LogP contribution is 2.42. The fourth-order valence-corrected chi connectivity index (χ4v) is 5.46. The van der Waals surface area contributed by atoms with Gasteiger partial charge < -0.3 is 15.5 Å². The van der Waals surface area contributed by atoms with Crippen molar-refractivity contribution in [1.82, 2.24) is 15.2 Å². The first-order valence-electron chi connectivity index (χ1n) is 13.2. The topological polar surface area (TPSA) is 74.3 Å². The summed E-state index contributed by atoms with van der Waals surface area (Å²) in [6.07, 6.45) is 1.24. The third-order valence-corrected chi connectivity index (χ3v) is 7.78. The van der Waals surface area contributed by atoms with E-state index in [4.69, 9.17) is 0 Å². The molecule has 6 nitrogen and oxygen atoms in total. The Labute approximate surface area is 225 Å². The molecule has 204 valence electrons. The molecule has 5 rings (SSSR count). The number of alkyl halides is 3. The average Bonchev–Trinajstić information content (AvgIpc) is 2.91. The second-order valence-corrected chi connectivity index (χ2v) is 10.5. The predicted octanol–water partition coefficient (Wildman–Crippen LogP) is 5.86. The number of likely N-dealkylation sites (tertiary alicyclic amines) is 1. The van der Waals surface area contributed by atoms with Gasteiger partial charge in [-0.15, -0.1) is 0 Å². The molecule has 2 heterocycles. The maximum absolute atomic E-state index is 13.5. The van der Waals surface area contributed by atoms with Gasteiger partial charge >= 0.3 is 6.18 Å². The van der Waals surface area contributed by atoms with Crippen molar-refractivity contribution in [3.8, 4) is 11.3 Å². The molecule has 1 atom stereocenters. The molecule has 1 saturated heterocycles. The lowest BCUT2D eigenvalue weighted by Gasteiger charge is -2.43. The van der Waals surface area contributed by atoms with Crippen molar-refractivity contribution < 1.29 is 22.8 Å². The number of hydrogen-bond acceptors (Lipinski definition) is 4. The number of pyridine rings is 1. The highest BCUT2D eigenvalue weighted by Gasteiger charge is 2.40. The molecule has 2 aliphatic rings. The first-order valence-corrected chi connectivity index (χ1v) is 13.2. The van der Waals surface area contributed by atoms with Crippen LogP contribution in [0.4, 0.5) is 18.9 Å². The first kappa shape index (κ1) is 26.9. The third-order valence-electron chi connectivity index (χ3n) is 7.78. The van der Waals surface area contributed by atoms with E-state index < -0.39 is 23.2 Å². The summed E-state index contributed by atoms with van der Waals surface area (Å²) in [4.78, 5) is 32.6. The van der Waals surface area contributed by atoms with Gasteiger partial charge in [0.15, 0.2) is 0 Å². The third kappa shape index (κ3) is 5.83. The molecule has 1 unspecified atom stereocenters. The molecule has 1 saturated carbocycles. The van der Waals surface area contributed by atoms with Gasteiger partial charge in [-0.25, -0.2) is 0 Å². The smallest absolute Gasteiger partial charge is 0.342 e. The summed E-state index contributed by atoms with van der Waals surface area (Å²) in [5, 5.41) is 6.15. The van der Waals surface area contributed by atoms with Gasteiger partial charge in [0.1, 0.15) is 0 Å². The van der Waals surface area contributed by atoms with Crippen LogP contribution in [0.25, 0.3) is 11.3 Å². The Kier molecular flexibility index (Phi) is 7.44. The minimum absolute atomic E-state index is 0.0136. The molecule has 3 aromatic rings. The Hall–Kier alpha value is -3.72. The average molecular weight is 537 g/mol. The monoisotopic (exact) mass is 536 g/mol. The quantitative estimate of drug-likeness (QED) is 0.414. The van der Waals surface area contributed by atoms with E-state index in [2.05, 4.69) is 20.5 Å². The van der Waals surface area contributed by atoms with E-state index in [0.717, 1.165) is 62.9 Å². The molecule has 2 amide bonds. The Morgan fingerprint density at radius 2 is 1.79 bits per heavy atom. The number of nitrogens with zero attached hydrogens (tertiary/aromatic N) is 2. The maximum Gasteiger partial charge on any atom is 0.416 e. The molecular formula is C30H31F3N4O2. The highest BCUT2D eigenvalue weighted by atomic mass is 19.4. The van der Waals surface area contributed by atoms with E-state index in [0.29, 0.717) is 5.69 Å². The van der Waals surface area contributed by atoms with Gasteiger partial charge in [-0.1, -0.05) is 24.3 Å². The Morgan fingerprint density at radius 1 is 1.03 bits per heavy atom. The number of halogens is 3. The number of amides is 2. The normalized spacial score (nSPS) is 19.1.